The minimum absolute atomic E-state index is 0.152. The van der Waals surface area contributed by atoms with Gasteiger partial charge in [-0.05, 0) is 12.1 Å². The SMILES string of the molecule is COCNC(=O)Nc1ccc(OC)c(OC)c1. The number of hydrogen-bond donors (Lipinski definition) is 2. The van der Waals surface area contributed by atoms with E-state index in [2.05, 4.69) is 10.6 Å². The normalized spacial score (nSPS) is 9.59. The summed E-state index contributed by atoms with van der Waals surface area (Å²) in [6.45, 7) is 0.152. The van der Waals surface area contributed by atoms with Gasteiger partial charge in [0, 0.05) is 18.9 Å². The molecule has 6 heteroatoms. The largest absolute Gasteiger partial charge is 0.493 e. The summed E-state index contributed by atoms with van der Waals surface area (Å²) < 4.78 is 14.9. The van der Waals surface area contributed by atoms with E-state index in [0.717, 1.165) is 0 Å². The molecule has 0 unspecified atom stereocenters. The third-order valence-electron chi connectivity index (χ3n) is 2.02. The van der Waals surface area contributed by atoms with Crippen LogP contribution in [0.3, 0.4) is 0 Å². The Labute approximate surface area is 99.9 Å². The Hall–Kier alpha value is -1.95. The van der Waals surface area contributed by atoms with E-state index < -0.39 is 0 Å². The highest BCUT2D eigenvalue weighted by Crippen LogP contribution is 2.29. The molecule has 2 N–H and O–H groups in total. The third-order valence-corrected chi connectivity index (χ3v) is 2.02. The van der Waals surface area contributed by atoms with Crippen molar-refractivity contribution < 1.29 is 19.0 Å². The number of methoxy groups -OCH3 is 3. The van der Waals surface area contributed by atoms with Crippen molar-refractivity contribution in [1.82, 2.24) is 5.32 Å². The summed E-state index contributed by atoms with van der Waals surface area (Å²) in [5, 5.41) is 5.14. The lowest BCUT2D eigenvalue weighted by atomic mass is 10.3. The van der Waals surface area contributed by atoms with Crippen LogP contribution in [-0.4, -0.2) is 34.1 Å². The first kappa shape index (κ1) is 13.1. The lowest BCUT2D eigenvalue weighted by Crippen LogP contribution is -2.30. The van der Waals surface area contributed by atoms with Crippen molar-refractivity contribution in [1.29, 1.82) is 0 Å². The van der Waals surface area contributed by atoms with Crippen LogP contribution in [0, 0.1) is 0 Å². The molecular weight excluding hydrogens is 224 g/mol. The van der Waals surface area contributed by atoms with Crippen LogP contribution in [0.1, 0.15) is 0 Å². The van der Waals surface area contributed by atoms with Gasteiger partial charge in [0.1, 0.15) is 6.73 Å². The Morgan fingerprint density at radius 3 is 2.47 bits per heavy atom. The molecule has 6 nitrogen and oxygen atoms in total. The zero-order valence-electron chi connectivity index (χ0n) is 10.1. The molecule has 0 aromatic heterocycles. The van der Waals surface area contributed by atoms with Gasteiger partial charge in [-0.3, -0.25) is 0 Å². The fourth-order valence-corrected chi connectivity index (χ4v) is 1.23. The highest BCUT2D eigenvalue weighted by Gasteiger charge is 2.06. The molecule has 0 aliphatic heterocycles. The summed E-state index contributed by atoms with van der Waals surface area (Å²) >= 11 is 0. The molecule has 0 atom stereocenters. The highest BCUT2D eigenvalue weighted by molar-refractivity contribution is 5.89. The Kier molecular flexibility index (Phi) is 5.09. The maximum atomic E-state index is 11.4. The number of anilines is 1. The predicted molar refractivity (Wildman–Crippen MR) is 63.6 cm³/mol. The second-order valence-electron chi connectivity index (χ2n) is 3.13. The Bertz CT molecular complexity index is 382. The summed E-state index contributed by atoms with van der Waals surface area (Å²) in [5.74, 6) is 1.16. The number of ether oxygens (including phenoxy) is 3. The first-order valence-corrected chi connectivity index (χ1v) is 4.97. The van der Waals surface area contributed by atoms with E-state index in [0.29, 0.717) is 17.2 Å². The van der Waals surface area contributed by atoms with E-state index in [1.165, 1.54) is 14.2 Å². The number of carbonyl (C=O) groups excluding carboxylic acids is 1. The van der Waals surface area contributed by atoms with Gasteiger partial charge >= 0.3 is 6.03 Å². The molecular formula is C11H16N2O4. The van der Waals surface area contributed by atoms with Crippen LogP contribution in [0.5, 0.6) is 11.5 Å². The first-order valence-electron chi connectivity index (χ1n) is 4.97. The average Bonchev–Trinajstić information content (AvgIpc) is 2.36. The van der Waals surface area contributed by atoms with Crippen LogP contribution in [0.2, 0.25) is 0 Å². The number of hydrogen-bond acceptors (Lipinski definition) is 4. The molecule has 17 heavy (non-hydrogen) atoms. The number of urea groups is 1. The maximum Gasteiger partial charge on any atom is 0.321 e. The van der Waals surface area contributed by atoms with Crippen molar-refractivity contribution in [3.8, 4) is 11.5 Å². The van der Waals surface area contributed by atoms with Gasteiger partial charge in [0.2, 0.25) is 0 Å². The molecule has 2 amide bonds. The summed E-state index contributed by atoms with van der Waals surface area (Å²) in [5.41, 5.74) is 0.608. The van der Waals surface area contributed by atoms with Gasteiger partial charge in [0.15, 0.2) is 11.5 Å². The molecule has 0 heterocycles. The lowest BCUT2D eigenvalue weighted by molar-refractivity contribution is 0.177. The minimum Gasteiger partial charge on any atom is -0.493 e. The quantitative estimate of drug-likeness (QED) is 0.764. The molecule has 0 aliphatic carbocycles. The predicted octanol–water partition coefficient (Wildman–Crippen LogP) is 1.43. The number of rotatable bonds is 5. The molecule has 0 fully saturated rings. The Balaban J connectivity index is 2.68. The molecule has 0 aliphatic rings. The van der Waals surface area contributed by atoms with E-state index in [-0.39, 0.29) is 12.8 Å². The molecule has 1 aromatic rings. The second-order valence-corrected chi connectivity index (χ2v) is 3.13. The topological polar surface area (TPSA) is 68.8 Å². The van der Waals surface area contributed by atoms with Crippen molar-refractivity contribution in [2.45, 2.75) is 0 Å². The highest BCUT2D eigenvalue weighted by atomic mass is 16.5. The third kappa shape index (κ3) is 3.84. The first-order chi connectivity index (χ1) is 8.21. The Morgan fingerprint density at radius 1 is 1.18 bits per heavy atom. The van der Waals surface area contributed by atoms with Gasteiger partial charge < -0.3 is 24.8 Å². The fraction of sp³-hybridized carbons (Fsp3) is 0.364. The monoisotopic (exact) mass is 240 g/mol. The van der Waals surface area contributed by atoms with Crippen LogP contribution in [-0.2, 0) is 4.74 Å². The van der Waals surface area contributed by atoms with Gasteiger partial charge in [0.05, 0.1) is 14.2 Å². The van der Waals surface area contributed by atoms with Gasteiger partial charge in [-0.2, -0.15) is 0 Å². The molecule has 0 radical (unpaired) electrons. The van der Waals surface area contributed by atoms with Gasteiger partial charge in [-0.25, -0.2) is 4.79 Å². The fourth-order valence-electron chi connectivity index (χ4n) is 1.23. The van der Waals surface area contributed by atoms with Crippen molar-refractivity contribution in [3.05, 3.63) is 18.2 Å². The molecule has 1 aromatic carbocycles. The van der Waals surface area contributed by atoms with Crippen LogP contribution in [0.25, 0.3) is 0 Å². The standard InChI is InChI=1S/C11H16N2O4/c1-15-7-12-11(14)13-8-4-5-9(16-2)10(6-8)17-3/h4-6H,7H2,1-3H3,(H2,12,13,14). The average molecular weight is 240 g/mol. The zero-order valence-corrected chi connectivity index (χ0v) is 10.1. The van der Waals surface area contributed by atoms with E-state index in [1.54, 1.807) is 25.3 Å². The van der Waals surface area contributed by atoms with Crippen molar-refractivity contribution >= 4 is 11.7 Å². The van der Waals surface area contributed by atoms with Gasteiger partial charge in [-0.15, -0.1) is 0 Å². The van der Waals surface area contributed by atoms with Crippen molar-refractivity contribution in [2.75, 3.05) is 33.4 Å². The molecule has 0 saturated heterocycles. The van der Waals surface area contributed by atoms with E-state index >= 15 is 0 Å². The summed E-state index contributed by atoms with van der Waals surface area (Å²) in [6, 6.07) is 4.75. The molecule has 0 spiro atoms. The summed E-state index contributed by atoms with van der Waals surface area (Å²) in [6.07, 6.45) is 0. The second kappa shape index (κ2) is 6.59. The molecule has 0 saturated carbocycles. The Morgan fingerprint density at radius 2 is 1.88 bits per heavy atom. The van der Waals surface area contributed by atoms with Gasteiger partial charge in [0.25, 0.3) is 0 Å². The molecule has 94 valence electrons. The van der Waals surface area contributed by atoms with Crippen molar-refractivity contribution in [3.63, 3.8) is 0 Å². The zero-order chi connectivity index (χ0) is 12.7. The van der Waals surface area contributed by atoms with Crippen LogP contribution in [0.4, 0.5) is 10.5 Å². The smallest absolute Gasteiger partial charge is 0.321 e. The van der Waals surface area contributed by atoms with Crippen molar-refractivity contribution in [2.24, 2.45) is 0 Å². The van der Waals surface area contributed by atoms with Crippen LogP contribution in [0.15, 0.2) is 18.2 Å². The summed E-state index contributed by atoms with van der Waals surface area (Å²) in [7, 11) is 4.58. The number of carbonyl (C=O) groups is 1. The lowest BCUT2D eigenvalue weighted by Gasteiger charge is -2.10. The van der Waals surface area contributed by atoms with Crippen LogP contribution < -0.4 is 20.1 Å². The number of nitrogens with one attached hydrogen (secondary N) is 2. The number of amides is 2. The maximum absolute atomic E-state index is 11.4. The van der Waals surface area contributed by atoms with E-state index in [1.807, 2.05) is 0 Å². The molecule has 0 bridgehead atoms. The summed E-state index contributed by atoms with van der Waals surface area (Å²) in [4.78, 5) is 11.4. The van der Waals surface area contributed by atoms with E-state index in [9.17, 15) is 4.79 Å². The van der Waals surface area contributed by atoms with Crippen LogP contribution >= 0.6 is 0 Å². The minimum atomic E-state index is -0.348. The number of benzene rings is 1. The van der Waals surface area contributed by atoms with E-state index in [4.69, 9.17) is 14.2 Å². The van der Waals surface area contributed by atoms with Gasteiger partial charge in [-0.1, -0.05) is 0 Å². The molecule has 1 rings (SSSR count).